The highest BCUT2D eigenvalue weighted by molar-refractivity contribution is 7.89. The van der Waals surface area contributed by atoms with Gasteiger partial charge in [0.1, 0.15) is 4.90 Å². The van der Waals surface area contributed by atoms with E-state index < -0.39 is 10.0 Å². The zero-order chi connectivity index (χ0) is 13.3. The fourth-order valence-electron chi connectivity index (χ4n) is 1.67. The van der Waals surface area contributed by atoms with Crippen LogP contribution in [0.3, 0.4) is 0 Å². The second-order valence-corrected chi connectivity index (χ2v) is 7.01. The third-order valence-electron chi connectivity index (χ3n) is 2.92. The normalized spacial score (nSPS) is 16.8. The average molecular weight is 346 g/mol. The maximum atomic E-state index is 12.0. The molecule has 0 aromatic heterocycles. The zero-order valence-corrected chi connectivity index (χ0v) is 13.1. The van der Waals surface area contributed by atoms with Gasteiger partial charge in [0.15, 0.2) is 0 Å². The predicted molar refractivity (Wildman–Crippen MR) is 79.6 cm³/mol. The maximum Gasteiger partial charge on any atom is 0.242 e. The molecule has 0 amide bonds. The van der Waals surface area contributed by atoms with Gasteiger partial charge in [0.05, 0.1) is 5.02 Å². The first-order chi connectivity index (χ1) is 8.40. The van der Waals surface area contributed by atoms with Crippen LogP contribution in [0.5, 0.6) is 0 Å². The molecule has 1 unspecified atom stereocenters. The second-order valence-electron chi connectivity index (χ2n) is 4.43. The van der Waals surface area contributed by atoms with Gasteiger partial charge < -0.3 is 5.73 Å². The van der Waals surface area contributed by atoms with Crippen LogP contribution < -0.4 is 10.5 Å². The minimum absolute atomic E-state index is 0. The van der Waals surface area contributed by atoms with E-state index in [0.29, 0.717) is 10.9 Å². The molecular weight excluding hydrogens is 331 g/mol. The molecule has 0 heterocycles. The summed E-state index contributed by atoms with van der Waals surface area (Å²) in [4.78, 5) is 0.0246. The fraction of sp³-hybridized carbons (Fsp3) is 0.455. The predicted octanol–water partition coefficient (Wildman–Crippen LogP) is 2.43. The Bertz CT molecular complexity index is 547. The molecule has 1 saturated carbocycles. The highest BCUT2D eigenvalue weighted by atomic mass is 35.5. The molecule has 0 saturated heterocycles. The van der Waals surface area contributed by atoms with Gasteiger partial charge in [-0.3, -0.25) is 0 Å². The van der Waals surface area contributed by atoms with Gasteiger partial charge in [-0.25, -0.2) is 13.1 Å². The number of benzene rings is 1. The first kappa shape index (κ1) is 17.0. The van der Waals surface area contributed by atoms with E-state index in [9.17, 15) is 8.42 Å². The van der Waals surface area contributed by atoms with E-state index in [0.717, 1.165) is 12.8 Å². The first-order valence-corrected chi connectivity index (χ1v) is 7.84. The van der Waals surface area contributed by atoms with Crippen molar-refractivity contribution in [1.82, 2.24) is 4.72 Å². The third-order valence-corrected chi connectivity index (χ3v) is 5.06. The summed E-state index contributed by atoms with van der Waals surface area (Å²) in [6, 6.07) is 4.14. The molecule has 1 fully saturated rings. The van der Waals surface area contributed by atoms with Gasteiger partial charge in [-0.05, 0) is 37.0 Å². The van der Waals surface area contributed by atoms with Gasteiger partial charge in [-0.15, -0.1) is 12.4 Å². The Kier molecular flexibility index (Phi) is 5.92. The Labute approximate surface area is 129 Å². The second kappa shape index (κ2) is 6.61. The summed E-state index contributed by atoms with van der Waals surface area (Å²) in [5.74, 6) is 0.438. The van der Waals surface area contributed by atoms with Crippen LogP contribution in [0.4, 0.5) is 0 Å². The lowest BCUT2D eigenvalue weighted by Gasteiger charge is -2.12. The molecule has 1 aliphatic rings. The van der Waals surface area contributed by atoms with Crippen LogP contribution in [0.2, 0.25) is 10.0 Å². The van der Waals surface area contributed by atoms with Crippen LogP contribution >= 0.6 is 35.6 Å². The summed E-state index contributed by atoms with van der Waals surface area (Å²) < 4.78 is 26.5. The van der Waals surface area contributed by atoms with E-state index in [2.05, 4.69) is 4.72 Å². The van der Waals surface area contributed by atoms with E-state index in [1.807, 2.05) is 0 Å². The average Bonchev–Trinajstić information content (AvgIpc) is 3.09. The molecule has 0 radical (unpaired) electrons. The Morgan fingerprint density at radius 3 is 2.53 bits per heavy atom. The minimum Gasteiger partial charge on any atom is -0.326 e. The molecule has 1 atom stereocenters. The highest BCUT2D eigenvalue weighted by Gasteiger charge is 2.29. The van der Waals surface area contributed by atoms with Crippen molar-refractivity contribution < 1.29 is 8.42 Å². The number of nitrogens with two attached hydrogens (primary N) is 1. The molecule has 0 aliphatic heterocycles. The number of nitrogens with one attached hydrogen (secondary N) is 1. The van der Waals surface area contributed by atoms with Gasteiger partial charge in [0.25, 0.3) is 0 Å². The van der Waals surface area contributed by atoms with Gasteiger partial charge in [0, 0.05) is 17.6 Å². The lowest BCUT2D eigenvalue weighted by Crippen LogP contribution is -2.38. The van der Waals surface area contributed by atoms with Crippen molar-refractivity contribution in [3.8, 4) is 0 Å². The Hall–Kier alpha value is -0.0400. The van der Waals surface area contributed by atoms with Crippen molar-refractivity contribution in [2.24, 2.45) is 11.7 Å². The van der Waals surface area contributed by atoms with Crippen LogP contribution in [0.15, 0.2) is 23.1 Å². The Balaban J connectivity index is 0.00000180. The van der Waals surface area contributed by atoms with Gasteiger partial charge in [-0.2, -0.15) is 0 Å². The SMILES string of the molecule is Cl.NC(CNS(=O)(=O)c1ccc(Cl)cc1Cl)C1CC1. The van der Waals surface area contributed by atoms with Gasteiger partial charge in [0.2, 0.25) is 10.0 Å². The summed E-state index contributed by atoms with van der Waals surface area (Å²) in [7, 11) is -3.63. The molecule has 108 valence electrons. The number of hydrogen-bond acceptors (Lipinski definition) is 3. The van der Waals surface area contributed by atoms with Crippen molar-refractivity contribution in [3.63, 3.8) is 0 Å². The smallest absolute Gasteiger partial charge is 0.242 e. The van der Waals surface area contributed by atoms with Crippen molar-refractivity contribution in [1.29, 1.82) is 0 Å². The fourth-order valence-corrected chi connectivity index (χ4v) is 3.51. The van der Waals surface area contributed by atoms with Crippen molar-refractivity contribution >= 4 is 45.6 Å². The molecule has 8 heteroatoms. The monoisotopic (exact) mass is 344 g/mol. The quantitative estimate of drug-likeness (QED) is 0.861. The summed E-state index contributed by atoms with van der Waals surface area (Å²) in [6.45, 7) is 0.228. The number of hydrogen-bond donors (Lipinski definition) is 2. The topological polar surface area (TPSA) is 72.2 Å². The third kappa shape index (κ3) is 4.48. The summed E-state index contributed by atoms with van der Waals surface area (Å²) in [5.41, 5.74) is 5.85. The van der Waals surface area contributed by atoms with E-state index in [1.54, 1.807) is 0 Å². The first-order valence-electron chi connectivity index (χ1n) is 5.60. The molecule has 0 bridgehead atoms. The van der Waals surface area contributed by atoms with E-state index >= 15 is 0 Å². The maximum absolute atomic E-state index is 12.0. The van der Waals surface area contributed by atoms with Crippen LogP contribution in [-0.2, 0) is 10.0 Å². The molecule has 4 nitrogen and oxygen atoms in total. The largest absolute Gasteiger partial charge is 0.326 e. The molecular formula is C11H15Cl3N2O2S. The summed E-state index contributed by atoms with van der Waals surface area (Å²) in [6.07, 6.45) is 2.15. The molecule has 2 rings (SSSR count). The molecule has 1 aliphatic carbocycles. The molecule has 1 aromatic carbocycles. The van der Waals surface area contributed by atoms with Crippen molar-refractivity contribution in [2.45, 2.75) is 23.8 Å². The van der Waals surface area contributed by atoms with Crippen LogP contribution in [0.1, 0.15) is 12.8 Å². The molecule has 1 aromatic rings. The number of sulfonamides is 1. The van der Waals surface area contributed by atoms with E-state index in [-0.39, 0.29) is 34.9 Å². The lowest BCUT2D eigenvalue weighted by atomic mass is 10.2. The number of rotatable bonds is 5. The number of halogens is 3. The standard InChI is InChI=1S/C11H14Cl2N2O2S.ClH/c12-8-3-4-11(9(13)5-8)18(16,17)15-6-10(14)7-1-2-7;/h3-5,7,10,15H,1-2,6,14H2;1H. The van der Waals surface area contributed by atoms with Crippen LogP contribution in [0.25, 0.3) is 0 Å². The minimum atomic E-state index is -3.63. The lowest BCUT2D eigenvalue weighted by molar-refractivity contribution is 0.548. The molecule has 0 spiro atoms. The molecule has 3 N–H and O–H groups in total. The molecule has 19 heavy (non-hydrogen) atoms. The van der Waals surface area contributed by atoms with Gasteiger partial charge >= 0.3 is 0 Å². The summed E-state index contributed by atoms with van der Waals surface area (Å²) in [5, 5.41) is 0.503. The van der Waals surface area contributed by atoms with E-state index in [1.165, 1.54) is 18.2 Å². The zero-order valence-electron chi connectivity index (χ0n) is 9.97. The Morgan fingerprint density at radius 2 is 2.00 bits per heavy atom. The summed E-state index contributed by atoms with van der Waals surface area (Å²) >= 11 is 11.6. The van der Waals surface area contributed by atoms with Crippen molar-refractivity contribution in [2.75, 3.05) is 6.54 Å². The van der Waals surface area contributed by atoms with E-state index in [4.69, 9.17) is 28.9 Å². The van der Waals surface area contributed by atoms with Crippen molar-refractivity contribution in [3.05, 3.63) is 28.2 Å². The highest BCUT2D eigenvalue weighted by Crippen LogP contribution is 2.31. The Morgan fingerprint density at radius 1 is 1.37 bits per heavy atom. The van der Waals surface area contributed by atoms with Crippen LogP contribution in [0, 0.1) is 5.92 Å². The van der Waals surface area contributed by atoms with Gasteiger partial charge in [-0.1, -0.05) is 23.2 Å². The van der Waals surface area contributed by atoms with Crippen LogP contribution in [-0.4, -0.2) is 21.0 Å².